The summed E-state index contributed by atoms with van der Waals surface area (Å²) >= 11 is 0. The Hall–Kier alpha value is -0.900. The third-order valence-electron chi connectivity index (χ3n) is 3.61. The highest BCUT2D eigenvalue weighted by Gasteiger charge is 2.19. The van der Waals surface area contributed by atoms with Gasteiger partial charge in [-0.05, 0) is 36.8 Å². The van der Waals surface area contributed by atoms with E-state index in [4.69, 9.17) is 10.6 Å². The number of hydrogen-bond acceptors (Lipinski definition) is 3. The van der Waals surface area contributed by atoms with Crippen LogP contribution in [0, 0.1) is 0 Å². The lowest BCUT2D eigenvalue weighted by Gasteiger charge is -2.26. The molecule has 0 bridgehead atoms. The van der Waals surface area contributed by atoms with Crippen LogP contribution in [0.5, 0.6) is 0 Å². The van der Waals surface area contributed by atoms with Gasteiger partial charge in [-0.15, -0.1) is 0 Å². The fraction of sp³-hybridized carbons (Fsp3) is 0.571. The summed E-state index contributed by atoms with van der Waals surface area (Å²) in [5, 5.41) is 0. The molecule has 0 aromatic heterocycles. The molecule has 0 radical (unpaired) electrons. The van der Waals surface area contributed by atoms with Gasteiger partial charge in [-0.3, -0.25) is 11.3 Å². The van der Waals surface area contributed by atoms with Gasteiger partial charge in [0.25, 0.3) is 0 Å². The molecule has 0 amide bonds. The van der Waals surface area contributed by atoms with E-state index in [-0.39, 0.29) is 6.04 Å². The largest absolute Gasteiger partial charge is 0.380 e. The first-order valence-electron chi connectivity index (χ1n) is 6.49. The Bertz CT molecular complexity index is 333. The van der Waals surface area contributed by atoms with Gasteiger partial charge in [0, 0.05) is 6.61 Å². The Morgan fingerprint density at radius 1 is 1.35 bits per heavy atom. The van der Waals surface area contributed by atoms with Crippen molar-refractivity contribution in [1.82, 2.24) is 5.43 Å². The van der Waals surface area contributed by atoms with Crippen molar-refractivity contribution < 1.29 is 4.74 Å². The average molecular weight is 234 g/mol. The van der Waals surface area contributed by atoms with Crippen LogP contribution in [0.25, 0.3) is 0 Å². The van der Waals surface area contributed by atoms with Crippen LogP contribution in [0.4, 0.5) is 0 Å². The quantitative estimate of drug-likeness (QED) is 0.587. The minimum Gasteiger partial charge on any atom is -0.380 e. The third-order valence-corrected chi connectivity index (χ3v) is 3.61. The van der Waals surface area contributed by atoms with E-state index in [2.05, 4.69) is 29.7 Å². The topological polar surface area (TPSA) is 47.3 Å². The van der Waals surface area contributed by atoms with E-state index in [9.17, 15) is 0 Å². The summed E-state index contributed by atoms with van der Waals surface area (Å²) in [5.41, 5.74) is 5.47. The number of ether oxygens (including phenoxy) is 1. The van der Waals surface area contributed by atoms with Gasteiger partial charge in [0.2, 0.25) is 0 Å². The number of nitrogens with one attached hydrogen (secondary N) is 1. The van der Waals surface area contributed by atoms with Crippen LogP contribution in [-0.4, -0.2) is 13.2 Å². The molecular formula is C14H22N2O. The summed E-state index contributed by atoms with van der Waals surface area (Å²) in [6, 6.07) is 8.88. The zero-order chi connectivity index (χ0) is 12.1. The molecule has 1 unspecified atom stereocenters. The van der Waals surface area contributed by atoms with Gasteiger partial charge in [0.1, 0.15) is 0 Å². The zero-order valence-electron chi connectivity index (χ0n) is 10.5. The molecule has 3 nitrogen and oxygen atoms in total. The molecule has 1 aliphatic carbocycles. The number of hydrazine groups is 1. The van der Waals surface area contributed by atoms with E-state index in [0.717, 1.165) is 12.5 Å². The fourth-order valence-corrected chi connectivity index (χ4v) is 2.22. The van der Waals surface area contributed by atoms with Crippen molar-refractivity contribution in [3.05, 3.63) is 35.4 Å². The van der Waals surface area contributed by atoms with Crippen LogP contribution in [0.15, 0.2) is 24.3 Å². The molecule has 17 heavy (non-hydrogen) atoms. The minimum atomic E-state index is 0.0883. The molecule has 1 aromatic carbocycles. The van der Waals surface area contributed by atoms with Crippen LogP contribution in [0.2, 0.25) is 0 Å². The van der Waals surface area contributed by atoms with Gasteiger partial charge in [0.15, 0.2) is 0 Å². The predicted molar refractivity (Wildman–Crippen MR) is 69.6 cm³/mol. The summed E-state index contributed by atoms with van der Waals surface area (Å²) in [5.74, 6) is 6.34. The normalized spacial score (nSPS) is 17.8. The number of rotatable bonds is 6. The Labute approximate surface area is 103 Å². The first kappa shape index (κ1) is 12.6. The first-order chi connectivity index (χ1) is 8.35. The van der Waals surface area contributed by atoms with Crippen LogP contribution in [0.1, 0.15) is 49.3 Å². The lowest BCUT2D eigenvalue weighted by molar-refractivity contribution is 0.123. The molecule has 0 aliphatic heterocycles. The number of benzene rings is 1. The van der Waals surface area contributed by atoms with Gasteiger partial charge in [-0.1, -0.05) is 30.7 Å². The summed E-state index contributed by atoms with van der Waals surface area (Å²) in [6.07, 6.45) is 4.07. The summed E-state index contributed by atoms with van der Waals surface area (Å²) in [7, 11) is 0. The molecule has 0 heterocycles. The standard InChI is InChI=1S/C14H22N2O/c1-2-17-10-14(16-15)13-8-6-12(7-9-13)11-4-3-5-11/h6-9,11,14,16H,2-5,10,15H2,1H3. The van der Waals surface area contributed by atoms with Crippen molar-refractivity contribution in [3.8, 4) is 0 Å². The predicted octanol–water partition coefficient (Wildman–Crippen LogP) is 2.50. The van der Waals surface area contributed by atoms with Crippen molar-refractivity contribution in [1.29, 1.82) is 0 Å². The highest BCUT2D eigenvalue weighted by atomic mass is 16.5. The maximum Gasteiger partial charge on any atom is 0.0693 e. The van der Waals surface area contributed by atoms with Crippen molar-refractivity contribution >= 4 is 0 Å². The van der Waals surface area contributed by atoms with E-state index in [1.54, 1.807) is 0 Å². The third kappa shape index (κ3) is 3.06. The Balaban J connectivity index is 1.99. The minimum absolute atomic E-state index is 0.0883. The molecule has 3 N–H and O–H groups in total. The fourth-order valence-electron chi connectivity index (χ4n) is 2.22. The second kappa shape index (κ2) is 6.15. The monoisotopic (exact) mass is 234 g/mol. The molecule has 2 rings (SSSR count). The number of hydrogen-bond donors (Lipinski definition) is 2. The smallest absolute Gasteiger partial charge is 0.0693 e. The van der Waals surface area contributed by atoms with Gasteiger partial charge in [-0.25, -0.2) is 0 Å². The van der Waals surface area contributed by atoms with Gasteiger partial charge >= 0.3 is 0 Å². The maximum absolute atomic E-state index is 5.55. The Morgan fingerprint density at radius 2 is 2.06 bits per heavy atom. The summed E-state index contributed by atoms with van der Waals surface area (Å²) < 4.78 is 5.41. The molecule has 0 saturated heterocycles. The molecule has 1 aromatic rings. The van der Waals surface area contributed by atoms with Gasteiger partial charge in [0.05, 0.1) is 12.6 Å². The lowest BCUT2D eigenvalue weighted by Crippen LogP contribution is -2.31. The molecule has 0 spiro atoms. The van der Waals surface area contributed by atoms with E-state index in [1.807, 2.05) is 6.92 Å². The number of nitrogens with two attached hydrogens (primary N) is 1. The highest BCUT2D eigenvalue weighted by molar-refractivity contribution is 5.28. The Morgan fingerprint density at radius 3 is 2.53 bits per heavy atom. The Kier molecular flexibility index (Phi) is 4.54. The van der Waals surface area contributed by atoms with Crippen molar-refractivity contribution in [2.24, 2.45) is 5.84 Å². The molecular weight excluding hydrogens is 212 g/mol. The SMILES string of the molecule is CCOCC(NN)c1ccc(C2CCC2)cc1. The van der Waals surface area contributed by atoms with E-state index < -0.39 is 0 Å². The van der Waals surface area contributed by atoms with E-state index in [0.29, 0.717) is 6.61 Å². The van der Waals surface area contributed by atoms with Crippen LogP contribution < -0.4 is 11.3 Å². The lowest BCUT2D eigenvalue weighted by atomic mass is 9.80. The highest BCUT2D eigenvalue weighted by Crippen LogP contribution is 2.36. The van der Waals surface area contributed by atoms with E-state index in [1.165, 1.54) is 30.4 Å². The molecule has 3 heteroatoms. The van der Waals surface area contributed by atoms with Crippen LogP contribution in [0.3, 0.4) is 0 Å². The average Bonchev–Trinajstić information content (AvgIpc) is 2.30. The second-order valence-electron chi connectivity index (χ2n) is 4.67. The molecule has 1 atom stereocenters. The van der Waals surface area contributed by atoms with E-state index >= 15 is 0 Å². The summed E-state index contributed by atoms with van der Waals surface area (Å²) in [4.78, 5) is 0. The molecule has 1 aliphatic rings. The van der Waals surface area contributed by atoms with Gasteiger partial charge in [-0.2, -0.15) is 0 Å². The van der Waals surface area contributed by atoms with Crippen LogP contribution in [-0.2, 0) is 4.74 Å². The molecule has 1 fully saturated rings. The van der Waals surface area contributed by atoms with Crippen LogP contribution >= 0.6 is 0 Å². The second-order valence-corrected chi connectivity index (χ2v) is 4.67. The van der Waals surface area contributed by atoms with Gasteiger partial charge < -0.3 is 4.74 Å². The molecule has 1 saturated carbocycles. The first-order valence-corrected chi connectivity index (χ1v) is 6.49. The van der Waals surface area contributed by atoms with Crippen molar-refractivity contribution in [3.63, 3.8) is 0 Å². The summed E-state index contributed by atoms with van der Waals surface area (Å²) in [6.45, 7) is 3.33. The zero-order valence-corrected chi connectivity index (χ0v) is 10.5. The molecule has 94 valence electrons. The van der Waals surface area contributed by atoms with Crippen molar-refractivity contribution in [2.45, 2.75) is 38.1 Å². The van der Waals surface area contributed by atoms with Crippen molar-refractivity contribution in [2.75, 3.05) is 13.2 Å². The maximum atomic E-state index is 5.55.